The summed E-state index contributed by atoms with van der Waals surface area (Å²) in [7, 11) is 0. The average Bonchev–Trinajstić information content (AvgIpc) is 2.83. The first-order chi connectivity index (χ1) is 14.7. The van der Waals surface area contributed by atoms with E-state index >= 15 is 0 Å². The van der Waals surface area contributed by atoms with E-state index in [1.54, 1.807) is 0 Å². The van der Waals surface area contributed by atoms with Crippen LogP contribution in [0.25, 0.3) is 0 Å². The zero-order valence-corrected chi connectivity index (χ0v) is 20.7. The second-order valence-corrected chi connectivity index (χ2v) is 16.6. The molecule has 30 heavy (non-hydrogen) atoms. The van der Waals surface area contributed by atoms with Crippen molar-refractivity contribution >= 4 is 52.9 Å². The van der Waals surface area contributed by atoms with Crippen LogP contribution in [0, 0.1) is 0 Å². The topological polar surface area (TPSA) is 34.1 Å². The summed E-state index contributed by atoms with van der Waals surface area (Å²) in [5, 5.41) is 0. The van der Waals surface area contributed by atoms with Gasteiger partial charge in [-0.2, -0.15) is 0 Å². The molecule has 0 saturated carbocycles. The Labute approximate surface area is 192 Å². The molecule has 0 aliphatic rings. The van der Waals surface area contributed by atoms with E-state index in [2.05, 4.69) is 24.3 Å². The molecule has 0 aromatic heterocycles. The van der Waals surface area contributed by atoms with Gasteiger partial charge in [0, 0.05) is 0 Å². The van der Waals surface area contributed by atoms with Crippen molar-refractivity contribution in [1.29, 1.82) is 0 Å². The van der Waals surface area contributed by atoms with Gasteiger partial charge < -0.3 is 0 Å². The van der Waals surface area contributed by atoms with Crippen LogP contribution >= 0.6 is 0 Å². The standard InChI is InChI=1S/C26H18O2Te2/c27-25(19-7-3-1-4-8-19)21-11-15-23(16-12-21)29-30-24-17-13-22(14-18-24)26(28)20-9-5-2-6-10-20/h1-18H. The van der Waals surface area contributed by atoms with Crippen molar-refractivity contribution in [3.8, 4) is 0 Å². The van der Waals surface area contributed by atoms with Gasteiger partial charge in [0.2, 0.25) is 0 Å². The second-order valence-electron chi connectivity index (χ2n) is 6.61. The Kier molecular flexibility index (Phi) is 7.16. The van der Waals surface area contributed by atoms with Gasteiger partial charge in [-0.15, -0.1) is 0 Å². The number of carbonyl (C=O) groups is 2. The van der Waals surface area contributed by atoms with Gasteiger partial charge in [0.25, 0.3) is 0 Å². The van der Waals surface area contributed by atoms with Crippen molar-refractivity contribution in [3.63, 3.8) is 0 Å². The van der Waals surface area contributed by atoms with Crippen molar-refractivity contribution in [2.45, 2.75) is 0 Å². The molecule has 146 valence electrons. The average molecular weight is 618 g/mol. The molecule has 0 radical (unpaired) electrons. The Hall–Kier alpha value is -2.20. The summed E-state index contributed by atoms with van der Waals surface area (Å²) in [5.41, 5.74) is 2.92. The van der Waals surface area contributed by atoms with Crippen LogP contribution in [0.4, 0.5) is 0 Å². The van der Waals surface area contributed by atoms with Crippen LogP contribution < -0.4 is 7.22 Å². The van der Waals surface area contributed by atoms with E-state index in [-0.39, 0.29) is 45.7 Å². The number of hydrogen-bond donors (Lipinski definition) is 0. The summed E-state index contributed by atoms with van der Waals surface area (Å²) in [6.07, 6.45) is 0. The normalized spacial score (nSPS) is 10.5. The number of benzene rings is 4. The van der Waals surface area contributed by atoms with Gasteiger partial charge in [0.1, 0.15) is 0 Å². The van der Waals surface area contributed by atoms with Crippen LogP contribution in [0.15, 0.2) is 109 Å². The summed E-state index contributed by atoms with van der Waals surface area (Å²) in [6, 6.07) is 35.0. The van der Waals surface area contributed by atoms with Crippen molar-refractivity contribution in [2.24, 2.45) is 0 Å². The maximum absolute atomic E-state index is 12.5. The molecule has 0 amide bonds. The molecule has 0 atom stereocenters. The zero-order valence-electron chi connectivity index (χ0n) is 16.0. The number of ketones is 2. The van der Waals surface area contributed by atoms with Crippen LogP contribution in [0.3, 0.4) is 0 Å². The van der Waals surface area contributed by atoms with Gasteiger partial charge in [-0.25, -0.2) is 0 Å². The fourth-order valence-electron chi connectivity index (χ4n) is 2.93. The fraction of sp³-hybridized carbons (Fsp3) is 0. The number of carbonyl (C=O) groups excluding carboxylic acids is 2. The van der Waals surface area contributed by atoms with E-state index in [1.165, 1.54) is 7.22 Å². The molecule has 0 fully saturated rings. The minimum atomic E-state index is -0.274. The summed E-state index contributed by atoms with van der Waals surface area (Å²) in [6.45, 7) is 0. The Morgan fingerprint density at radius 3 is 1.03 bits per heavy atom. The van der Waals surface area contributed by atoms with Crippen LogP contribution in [-0.2, 0) is 0 Å². The van der Waals surface area contributed by atoms with Crippen molar-refractivity contribution in [3.05, 3.63) is 131 Å². The van der Waals surface area contributed by atoms with Crippen LogP contribution in [0.2, 0.25) is 0 Å². The first-order valence-corrected chi connectivity index (χ1v) is 19.1. The molecule has 4 rings (SSSR count). The van der Waals surface area contributed by atoms with E-state index < -0.39 is 0 Å². The third kappa shape index (κ3) is 5.28. The third-order valence-corrected chi connectivity index (χ3v) is 16.4. The second kappa shape index (κ2) is 10.2. The molecule has 0 bridgehead atoms. The van der Waals surface area contributed by atoms with E-state index in [4.69, 9.17) is 0 Å². The molecule has 2 nitrogen and oxygen atoms in total. The molecule has 0 aliphatic carbocycles. The molecule has 4 aromatic carbocycles. The van der Waals surface area contributed by atoms with Gasteiger partial charge in [0.05, 0.1) is 0 Å². The quantitative estimate of drug-likeness (QED) is 0.236. The van der Waals surface area contributed by atoms with Crippen LogP contribution in [-0.4, -0.2) is 45.7 Å². The first-order valence-electron chi connectivity index (χ1n) is 9.45. The SMILES string of the molecule is O=C(c1ccccc1)c1ccc([Te][Te]c2ccc(C(=O)c3ccccc3)cc2)cc1. The Bertz CT molecular complexity index is 1040. The summed E-state index contributed by atoms with van der Waals surface area (Å²) < 4.78 is 2.74. The molecule has 0 spiro atoms. The van der Waals surface area contributed by atoms with E-state index in [1.807, 2.05) is 84.9 Å². The monoisotopic (exact) mass is 622 g/mol. The minimum absolute atomic E-state index is 0.0675. The third-order valence-electron chi connectivity index (χ3n) is 4.54. The van der Waals surface area contributed by atoms with Crippen molar-refractivity contribution in [1.82, 2.24) is 0 Å². The Balaban J connectivity index is 1.37. The molecule has 0 aliphatic heterocycles. The predicted molar refractivity (Wildman–Crippen MR) is 123 cm³/mol. The first kappa shape index (κ1) is 21.0. The van der Waals surface area contributed by atoms with Gasteiger partial charge in [-0.3, -0.25) is 0 Å². The molecule has 4 heteroatoms. The summed E-state index contributed by atoms with van der Waals surface area (Å²) >= 11 is -0.548. The van der Waals surface area contributed by atoms with Crippen molar-refractivity contribution in [2.75, 3.05) is 0 Å². The predicted octanol–water partition coefficient (Wildman–Crippen LogP) is 3.42. The van der Waals surface area contributed by atoms with E-state index in [9.17, 15) is 9.59 Å². The molecule has 0 N–H and O–H groups in total. The Morgan fingerprint density at radius 2 is 0.700 bits per heavy atom. The number of hydrogen-bond acceptors (Lipinski definition) is 2. The van der Waals surface area contributed by atoms with Gasteiger partial charge in [0.15, 0.2) is 0 Å². The Morgan fingerprint density at radius 1 is 0.400 bits per heavy atom. The fourth-order valence-corrected chi connectivity index (χ4v) is 12.8. The van der Waals surface area contributed by atoms with Crippen LogP contribution in [0.5, 0.6) is 0 Å². The van der Waals surface area contributed by atoms with Gasteiger partial charge in [-0.05, 0) is 0 Å². The zero-order chi connectivity index (χ0) is 20.8. The van der Waals surface area contributed by atoms with Gasteiger partial charge in [-0.1, -0.05) is 0 Å². The molecular formula is C26H18O2Te2. The molecule has 0 heterocycles. The number of rotatable bonds is 7. The van der Waals surface area contributed by atoms with E-state index in [0.717, 1.165) is 22.3 Å². The summed E-state index contributed by atoms with van der Waals surface area (Å²) in [5.74, 6) is 0.135. The molecule has 4 aromatic rings. The van der Waals surface area contributed by atoms with Crippen LogP contribution in [0.1, 0.15) is 31.8 Å². The molecular weight excluding hydrogens is 599 g/mol. The van der Waals surface area contributed by atoms with E-state index in [0.29, 0.717) is 0 Å². The van der Waals surface area contributed by atoms with Crippen molar-refractivity contribution < 1.29 is 9.59 Å². The maximum atomic E-state index is 12.5. The molecule has 0 unspecified atom stereocenters. The summed E-state index contributed by atoms with van der Waals surface area (Å²) in [4.78, 5) is 25.0. The van der Waals surface area contributed by atoms with Gasteiger partial charge >= 0.3 is 194 Å². The molecule has 0 saturated heterocycles.